The highest BCUT2D eigenvalue weighted by molar-refractivity contribution is 5.74. The Bertz CT molecular complexity index is 445. The quantitative estimate of drug-likeness (QED) is 0.890. The zero-order valence-corrected chi connectivity index (χ0v) is 12.3. The SMILES string of the molecule is COCCN1CCN(C(=O)NCc2ccc(F)cc2)CC1. The lowest BCUT2D eigenvalue weighted by Gasteiger charge is -2.34. The number of hydrogen-bond acceptors (Lipinski definition) is 3. The molecule has 6 heteroatoms. The Hall–Kier alpha value is -1.66. The first-order valence-electron chi connectivity index (χ1n) is 7.17. The Labute approximate surface area is 124 Å². The van der Waals surface area contributed by atoms with Crippen molar-refractivity contribution >= 4 is 6.03 Å². The molecule has 116 valence electrons. The Morgan fingerprint density at radius 1 is 1.24 bits per heavy atom. The number of halogens is 1. The highest BCUT2D eigenvalue weighted by atomic mass is 19.1. The van der Waals surface area contributed by atoms with Crippen molar-refractivity contribution in [3.63, 3.8) is 0 Å². The van der Waals surface area contributed by atoms with Crippen LogP contribution < -0.4 is 5.32 Å². The van der Waals surface area contributed by atoms with Crippen LogP contribution in [-0.2, 0) is 11.3 Å². The van der Waals surface area contributed by atoms with Gasteiger partial charge in [0.2, 0.25) is 0 Å². The third kappa shape index (κ3) is 4.99. The van der Waals surface area contributed by atoms with Gasteiger partial charge in [-0.05, 0) is 17.7 Å². The number of methoxy groups -OCH3 is 1. The van der Waals surface area contributed by atoms with Gasteiger partial charge in [0.25, 0.3) is 0 Å². The molecule has 0 bridgehead atoms. The summed E-state index contributed by atoms with van der Waals surface area (Å²) in [6.07, 6.45) is 0. The van der Waals surface area contributed by atoms with Gasteiger partial charge in [-0.3, -0.25) is 4.90 Å². The first kappa shape index (κ1) is 15.7. The summed E-state index contributed by atoms with van der Waals surface area (Å²) in [5.74, 6) is -0.266. The molecule has 0 aliphatic carbocycles. The molecule has 0 aromatic heterocycles. The first-order chi connectivity index (χ1) is 10.2. The van der Waals surface area contributed by atoms with Crippen molar-refractivity contribution in [3.05, 3.63) is 35.6 Å². The number of carbonyl (C=O) groups excluding carboxylic acids is 1. The number of piperazine rings is 1. The van der Waals surface area contributed by atoms with Crippen LogP contribution in [0.5, 0.6) is 0 Å². The number of ether oxygens (including phenoxy) is 1. The summed E-state index contributed by atoms with van der Waals surface area (Å²) in [4.78, 5) is 16.2. The average molecular weight is 295 g/mol. The summed E-state index contributed by atoms with van der Waals surface area (Å²) in [5, 5.41) is 2.87. The monoisotopic (exact) mass is 295 g/mol. The molecule has 2 amide bonds. The van der Waals surface area contributed by atoms with Gasteiger partial charge < -0.3 is 15.0 Å². The zero-order valence-electron chi connectivity index (χ0n) is 12.3. The van der Waals surface area contributed by atoms with Gasteiger partial charge >= 0.3 is 6.03 Å². The Balaban J connectivity index is 1.71. The molecule has 0 saturated carbocycles. The van der Waals surface area contributed by atoms with E-state index in [0.717, 1.165) is 44.9 Å². The van der Waals surface area contributed by atoms with E-state index in [1.54, 1.807) is 19.2 Å². The van der Waals surface area contributed by atoms with Gasteiger partial charge in [-0.1, -0.05) is 12.1 Å². The summed E-state index contributed by atoms with van der Waals surface area (Å²) >= 11 is 0. The van der Waals surface area contributed by atoms with Crippen LogP contribution in [0, 0.1) is 5.82 Å². The van der Waals surface area contributed by atoms with Crippen LogP contribution in [0.3, 0.4) is 0 Å². The van der Waals surface area contributed by atoms with Crippen LogP contribution in [0.2, 0.25) is 0 Å². The minimum Gasteiger partial charge on any atom is -0.383 e. The van der Waals surface area contributed by atoms with Gasteiger partial charge in [0, 0.05) is 46.4 Å². The first-order valence-corrected chi connectivity index (χ1v) is 7.17. The van der Waals surface area contributed by atoms with Gasteiger partial charge in [0.05, 0.1) is 6.61 Å². The van der Waals surface area contributed by atoms with E-state index in [-0.39, 0.29) is 11.8 Å². The molecule has 1 N–H and O–H groups in total. The third-order valence-corrected chi connectivity index (χ3v) is 3.63. The highest BCUT2D eigenvalue weighted by Crippen LogP contribution is 2.04. The van der Waals surface area contributed by atoms with Crippen molar-refractivity contribution in [2.24, 2.45) is 0 Å². The molecule has 1 aromatic carbocycles. The van der Waals surface area contributed by atoms with E-state index in [2.05, 4.69) is 10.2 Å². The van der Waals surface area contributed by atoms with Crippen molar-refractivity contribution < 1.29 is 13.9 Å². The third-order valence-electron chi connectivity index (χ3n) is 3.63. The predicted octanol–water partition coefficient (Wildman–Crippen LogP) is 1.30. The number of urea groups is 1. The van der Waals surface area contributed by atoms with Crippen molar-refractivity contribution in [2.45, 2.75) is 6.54 Å². The Kier molecular flexibility index (Phi) is 5.95. The zero-order chi connectivity index (χ0) is 15.1. The number of carbonyl (C=O) groups is 1. The summed E-state index contributed by atoms with van der Waals surface area (Å²) in [6.45, 7) is 5.22. The summed E-state index contributed by atoms with van der Waals surface area (Å²) in [7, 11) is 1.69. The number of benzene rings is 1. The molecule has 21 heavy (non-hydrogen) atoms. The average Bonchev–Trinajstić information content (AvgIpc) is 2.52. The van der Waals surface area contributed by atoms with Crippen LogP contribution in [0.15, 0.2) is 24.3 Å². The smallest absolute Gasteiger partial charge is 0.317 e. The molecule has 0 unspecified atom stereocenters. The molecule has 1 saturated heterocycles. The fourth-order valence-electron chi connectivity index (χ4n) is 2.29. The summed E-state index contributed by atoms with van der Waals surface area (Å²) < 4.78 is 17.8. The van der Waals surface area contributed by atoms with Gasteiger partial charge in [-0.25, -0.2) is 9.18 Å². The minimum atomic E-state index is -0.266. The van der Waals surface area contributed by atoms with E-state index in [1.807, 2.05) is 4.90 Å². The van der Waals surface area contributed by atoms with E-state index in [0.29, 0.717) is 6.54 Å². The topological polar surface area (TPSA) is 44.8 Å². The van der Waals surface area contributed by atoms with Crippen molar-refractivity contribution in [2.75, 3.05) is 46.4 Å². The molecular weight excluding hydrogens is 273 g/mol. The molecule has 5 nitrogen and oxygen atoms in total. The van der Waals surface area contributed by atoms with Crippen LogP contribution in [0.4, 0.5) is 9.18 Å². The van der Waals surface area contributed by atoms with Crippen LogP contribution in [-0.4, -0.2) is 62.3 Å². The minimum absolute atomic E-state index is 0.0642. The molecule has 1 aliphatic heterocycles. The standard InChI is InChI=1S/C15H22FN3O2/c1-21-11-10-18-6-8-19(9-7-18)15(20)17-12-13-2-4-14(16)5-3-13/h2-5H,6-12H2,1H3,(H,17,20). The van der Waals surface area contributed by atoms with Gasteiger partial charge in [-0.2, -0.15) is 0 Å². The largest absolute Gasteiger partial charge is 0.383 e. The molecular formula is C15H22FN3O2. The molecule has 2 rings (SSSR count). The van der Waals surface area contributed by atoms with E-state index in [1.165, 1.54) is 12.1 Å². The lowest BCUT2D eigenvalue weighted by Crippen LogP contribution is -2.52. The molecule has 0 atom stereocenters. The number of rotatable bonds is 5. The Morgan fingerprint density at radius 2 is 1.90 bits per heavy atom. The number of nitrogens with one attached hydrogen (secondary N) is 1. The van der Waals surface area contributed by atoms with Gasteiger partial charge in [0.15, 0.2) is 0 Å². The summed E-state index contributed by atoms with van der Waals surface area (Å²) in [5.41, 5.74) is 0.892. The molecule has 0 radical (unpaired) electrons. The molecule has 1 aromatic rings. The fourth-order valence-corrected chi connectivity index (χ4v) is 2.29. The lowest BCUT2D eigenvalue weighted by atomic mass is 10.2. The maximum absolute atomic E-state index is 12.8. The number of nitrogens with zero attached hydrogens (tertiary/aromatic N) is 2. The van der Waals surface area contributed by atoms with E-state index < -0.39 is 0 Å². The van der Waals surface area contributed by atoms with Crippen molar-refractivity contribution in [1.29, 1.82) is 0 Å². The van der Waals surface area contributed by atoms with Crippen LogP contribution in [0.25, 0.3) is 0 Å². The normalized spacial score (nSPS) is 16.0. The Morgan fingerprint density at radius 3 is 2.52 bits per heavy atom. The summed E-state index contributed by atoms with van der Waals surface area (Å²) in [6, 6.07) is 6.09. The van der Waals surface area contributed by atoms with Crippen molar-refractivity contribution in [3.8, 4) is 0 Å². The number of amides is 2. The van der Waals surface area contributed by atoms with Crippen LogP contribution >= 0.6 is 0 Å². The molecule has 1 heterocycles. The molecule has 0 spiro atoms. The second-order valence-electron chi connectivity index (χ2n) is 5.11. The molecule has 1 aliphatic rings. The second kappa shape index (κ2) is 7.95. The van der Waals surface area contributed by atoms with E-state index in [4.69, 9.17) is 4.74 Å². The van der Waals surface area contributed by atoms with E-state index in [9.17, 15) is 9.18 Å². The van der Waals surface area contributed by atoms with Gasteiger partial charge in [-0.15, -0.1) is 0 Å². The fraction of sp³-hybridized carbons (Fsp3) is 0.533. The highest BCUT2D eigenvalue weighted by Gasteiger charge is 2.20. The maximum Gasteiger partial charge on any atom is 0.317 e. The molecule has 1 fully saturated rings. The van der Waals surface area contributed by atoms with Crippen LogP contribution in [0.1, 0.15) is 5.56 Å². The lowest BCUT2D eigenvalue weighted by molar-refractivity contribution is 0.106. The predicted molar refractivity (Wildman–Crippen MR) is 78.5 cm³/mol. The van der Waals surface area contributed by atoms with Crippen molar-refractivity contribution in [1.82, 2.24) is 15.1 Å². The maximum atomic E-state index is 12.8. The van der Waals surface area contributed by atoms with E-state index >= 15 is 0 Å². The number of hydrogen-bond donors (Lipinski definition) is 1. The van der Waals surface area contributed by atoms with Gasteiger partial charge in [0.1, 0.15) is 5.82 Å². The second-order valence-corrected chi connectivity index (χ2v) is 5.11.